The van der Waals surface area contributed by atoms with E-state index in [2.05, 4.69) is 20.5 Å². The Bertz CT molecular complexity index is 1170. The number of rotatable bonds is 5. The Morgan fingerprint density at radius 2 is 2.00 bits per heavy atom. The van der Waals surface area contributed by atoms with Gasteiger partial charge in [0, 0.05) is 17.6 Å². The van der Waals surface area contributed by atoms with Gasteiger partial charge < -0.3 is 11.1 Å². The molecule has 0 spiro atoms. The smallest absolute Gasteiger partial charge is 0.256 e. The van der Waals surface area contributed by atoms with Crippen LogP contribution in [0, 0.1) is 12.7 Å². The normalized spacial score (nSPS) is 10.9. The van der Waals surface area contributed by atoms with E-state index in [-0.39, 0.29) is 11.5 Å². The summed E-state index contributed by atoms with van der Waals surface area (Å²) in [5, 5.41) is 11.8. The number of halogens is 1. The predicted octanol–water partition coefficient (Wildman–Crippen LogP) is 2.97. The van der Waals surface area contributed by atoms with Gasteiger partial charge in [-0.2, -0.15) is 10.1 Å². The molecule has 4 aromatic rings. The number of carbonyl (C=O) groups is 1. The molecule has 0 bridgehead atoms. The molecule has 1 amide bonds. The van der Waals surface area contributed by atoms with Crippen LogP contribution in [0.4, 0.5) is 10.2 Å². The molecule has 0 radical (unpaired) electrons. The number of aromatic nitrogens is 4. The van der Waals surface area contributed by atoms with Crippen LogP contribution in [0.15, 0.2) is 54.7 Å². The monoisotopic (exact) mass is 376 g/mol. The van der Waals surface area contributed by atoms with Crippen LogP contribution in [-0.2, 0) is 6.54 Å². The van der Waals surface area contributed by atoms with Gasteiger partial charge in [0.1, 0.15) is 5.82 Å². The molecule has 2 aromatic carbocycles. The highest BCUT2D eigenvalue weighted by molar-refractivity contribution is 6.06. The SMILES string of the molecule is Cc1cc2c(C(N)=O)cc(F)cc2n1-c1nncc(NCc2ccccc2)n1. The molecule has 140 valence electrons. The van der Waals surface area contributed by atoms with Crippen LogP contribution < -0.4 is 11.1 Å². The second-order valence-corrected chi connectivity index (χ2v) is 6.35. The molecule has 4 rings (SSSR count). The van der Waals surface area contributed by atoms with Crippen molar-refractivity contribution in [1.82, 2.24) is 19.7 Å². The number of nitrogens with zero attached hydrogens (tertiary/aromatic N) is 4. The Kier molecular flexibility index (Phi) is 4.44. The third-order valence-electron chi connectivity index (χ3n) is 4.40. The van der Waals surface area contributed by atoms with E-state index in [4.69, 9.17) is 5.73 Å². The minimum Gasteiger partial charge on any atom is -0.366 e. The molecule has 0 aliphatic heterocycles. The number of benzene rings is 2. The zero-order valence-corrected chi connectivity index (χ0v) is 15.1. The molecule has 0 saturated carbocycles. The second-order valence-electron chi connectivity index (χ2n) is 6.35. The summed E-state index contributed by atoms with van der Waals surface area (Å²) in [5.74, 6) is -0.459. The molecule has 7 nitrogen and oxygen atoms in total. The van der Waals surface area contributed by atoms with Crippen LogP contribution in [0.25, 0.3) is 16.9 Å². The molecule has 2 aromatic heterocycles. The summed E-state index contributed by atoms with van der Waals surface area (Å²) in [4.78, 5) is 16.2. The lowest BCUT2D eigenvalue weighted by Gasteiger charge is -2.09. The van der Waals surface area contributed by atoms with Crippen molar-refractivity contribution in [3.05, 3.63) is 77.4 Å². The molecule has 0 unspecified atom stereocenters. The second kappa shape index (κ2) is 7.07. The van der Waals surface area contributed by atoms with Crippen LogP contribution in [0.1, 0.15) is 21.6 Å². The molecule has 3 N–H and O–H groups in total. The number of aryl methyl sites for hydroxylation is 1. The lowest BCUT2D eigenvalue weighted by Crippen LogP contribution is -2.12. The third-order valence-corrected chi connectivity index (χ3v) is 4.40. The van der Waals surface area contributed by atoms with E-state index in [1.165, 1.54) is 12.3 Å². The van der Waals surface area contributed by atoms with E-state index in [0.29, 0.717) is 23.3 Å². The largest absolute Gasteiger partial charge is 0.366 e. The molecule has 28 heavy (non-hydrogen) atoms. The van der Waals surface area contributed by atoms with Gasteiger partial charge in [-0.15, -0.1) is 5.10 Å². The first-order valence-electron chi connectivity index (χ1n) is 8.62. The van der Waals surface area contributed by atoms with E-state index in [0.717, 1.165) is 17.3 Å². The van der Waals surface area contributed by atoms with Gasteiger partial charge in [-0.3, -0.25) is 9.36 Å². The summed E-state index contributed by atoms with van der Waals surface area (Å²) in [5.41, 5.74) is 7.79. The molecule has 8 heteroatoms. The van der Waals surface area contributed by atoms with Crippen molar-refractivity contribution in [2.24, 2.45) is 5.73 Å². The van der Waals surface area contributed by atoms with Gasteiger partial charge in [0.25, 0.3) is 5.95 Å². The number of anilines is 1. The highest BCUT2D eigenvalue weighted by Crippen LogP contribution is 2.27. The zero-order chi connectivity index (χ0) is 19.7. The summed E-state index contributed by atoms with van der Waals surface area (Å²) >= 11 is 0. The van der Waals surface area contributed by atoms with Crippen LogP contribution in [-0.4, -0.2) is 25.7 Å². The van der Waals surface area contributed by atoms with Crippen molar-refractivity contribution in [1.29, 1.82) is 0 Å². The van der Waals surface area contributed by atoms with Crippen molar-refractivity contribution in [3.8, 4) is 5.95 Å². The average molecular weight is 376 g/mol. The Balaban J connectivity index is 1.74. The van der Waals surface area contributed by atoms with Crippen molar-refractivity contribution in [2.75, 3.05) is 5.32 Å². The average Bonchev–Trinajstić information content (AvgIpc) is 3.02. The minimum absolute atomic E-state index is 0.114. The maximum absolute atomic E-state index is 14.1. The molecule has 0 saturated heterocycles. The Morgan fingerprint density at radius 3 is 2.75 bits per heavy atom. The highest BCUT2D eigenvalue weighted by atomic mass is 19.1. The molecule has 0 atom stereocenters. The highest BCUT2D eigenvalue weighted by Gasteiger charge is 2.17. The lowest BCUT2D eigenvalue weighted by molar-refractivity contribution is 0.100. The summed E-state index contributed by atoms with van der Waals surface area (Å²) in [6, 6.07) is 14.1. The summed E-state index contributed by atoms with van der Waals surface area (Å²) in [7, 11) is 0. The van der Waals surface area contributed by atoms with E-state index in [9.17, 15) is 9.18 Å². The topological polar surface area (TPSA) is 98.7 Å². The standard InChI is InChI=1S/C20H17FN6O/c1-12-7-15-16(19(22)28)8-14(21)9-17(15)27(12)20-25-18(11-24-26-20)23-10-13-5-3-2-4-6-13/h2-9,11H,10H2,1H3,(H2,22,28)(H,23,25,26). The predicted molar refractivity (Wildman–Crippen MR) is 104 cm³/mol. The summed E-state index contributed by atoms with van der Waals surface area (Å²) < 4.78 is 15.7. The lowest BCUT2D eigenvalue weighted by atomic mass is 10.1. The number of hydrogen-bond acceptors (Lipinski definition) is 5. The maximum Gasteiger partial charge on any atom is 0.256 e. The van der Waals surface area contributed by atoms with E-state index >= 15 is 0 Å². The molecule has 0 aliphatic carbocycles. The zero-order valence-electron chi connectivity index (χ0n) is 15.1. The Hall–Kier alpha value is -3.81. The quantitative estimate of drug-likeness (QED) is 0.558. The number of nitrogens with two attached hydrogens (primary N) is 1. The summed E-state index contributed by atoms with van der Waals surface area (Å²) in [6.07, 6.45) is 1.52. The fourth-order valence-electron chi connectivity index (χ4n) is 3.14. The van der Waals surface area contributed by atoms with Gasteiger partial charge in [0.2, 0.25) is 5.91 Å². The number of amides is 1. The van der Waals surface area contributed by atoms with E-state index < -0.39 is 11.7 Å². The van der Waals surface area contributed by atoms with Gasteiger partial charge in [-0.05, 0) is 30.7 Å². The number of hydrogen-bond donors (Lipinski definition) is 2. The number of fused-ring (bicyclic) bond motifs is 1. The molecular weight excluding hydrogens is 359 g/mol. The first-order valence-corrected chi connectivity index (χ1v) is 8.62. The van der Waals surface area contributed by atoms with E-state index in [1.807, 2.05) is 37.3 Å². The van der Waals surface area contributed by atoms with Crippen LogP contribution >= 0.6 is 0 Å². The Morgan fingerprint density at radius 1 is 1.21 bits per heavy atom. The van der Waals surface area contributed by atoms with Crippen LogP contribution in [0.2, 0.25) is 0 Å². The molecular formula is C20H17FN6O. The van der Waals surface area contributed by atoms with Gasteiger partial charge in [-0.1, -0.05) is 30.3 Å². The van der Waals surface area contributed by atoms with E-state index in [1.54, 1.807) is 10.6 Å². The van der Waals surface area contributed by atoms with Crippen molar-refractivity contribution >= 4 is 22.6 Å². The van der Waals surface area contributed by atoms with Gasteiger partial charge >= 0.3 is 0 Å². The fraction of sp³-hybridized carbons (Fsp3) is 0.100. The minimum atomic E-state index is -0.695. The molecule has 0 fully saturated rings. The van der Waals surface area contributed by atoms with Crippen LogP contribution in [0.5, 0.6) is 0 Å². The maximum atomic E-state index is 14.1. The fourth-order valence-corrected chi connectivity index (χ4v) is 3.14. The van der Waals surface area contributed by atoms with Crippen molar-refractivity contribution < 1.29 is 9.18 Å². The van der Waals surface area contributed by atoms with Gasteiger partial charge in [0.15, 0.2) is 5.82 Å². The molecule has 2 heterocycles. The number of carbonyl (C=O) groups excluding carboxylic acids is 1. The first kappa shape index (κ1) is 17.6. The first-order chi connectivity index (χ1) is 13.5. The summed E-state index contributed by atoms with van der Waals surface area (Å²) in [6.45, 7) is 2.39. The third kappa shape index (κ3) is 3.27. The van der Waals surface area contributed by atoms with Gasteiger partial charge in [0.05, 0.1) is 17.3 Å². The Labute approximate surface area is 160 Å². The van der Waals surface area contributed by atoms with Gasteiger partial charge in [-0.25, -0.2) is 4.39 Å². The number of primary amides is 1. The molecule has 0 aliphatic rings. The van der Waals surface area contributed by atoms with Crippen LogP contribution in [0.3, 0.4) is 0 Å². The van der Waals surface area contributed by atoms with Crippen molar-refractivity contribution in [2.45, 2.75) is 13.5 Å². The van der Waals surface area contributed by atoms with Crippen molar-refractivity contribution in [3.63, 3.8) is 0 Å². The number of nitrogens with one attached hydrogen (secondary N) is 1.